The quantitative estimate of drug-likeness (QED) is 0.584. The van der Waals surface area contributed by atoms with E-state index in [4.69, 9.17) is 4.74 Å². The normalized spacial score (nSPS) is 31.7. The van der Waals surface area contributed by atoms with Gasteiger partial charge in [0.1, 0.15) is 0 Å². The third-order valence-corrected chi connectivity index (χ3v) is 4.88. The van der Waals surface area contributed by atoms with E-state index in [0.29, 0.717) is 18.8 Å². The summed E-state index contributed by atoms with van der Waals surface area (Å²) in [6.45, 7) is 6.66. The maximum Gasteiger partial charge on any atom is 0.260 e. The van der Waals surface area contributed by atoms with Crippen molar-refractivity contribution in [1.29, 1.82) is 0 Å². The van der Waals surface area contributed by atoms with Crippen LogP contribution in [0.2, 0.25) is 0 Å². The van der Waals surface area contributed by atoms with E-state index in [1.54, 1.807) is 24.3 Å². The van der Waals surface area contributed by atoms with Crippen LogP contribution in [0.4, 0.5) is 0 Å². The van der Waals surface area contributed by atoms with Crippen molar-refractivity contribution < 1.29 is 14.3 Å². The average Bonchev–Trinajstić information content (AvgIpc) is 2.91. The molecule has 1 spiro atoms. The molecule has 22 heavy (non-hydrogen) atoms. The van der Waals surface area contributed by atoms with Crippen molar-refractivity contribution >= 4 is 11.8 Å². The van der Waals surface area contributed by atoms with Gasteiger partial charge in [0.2, 0.25) is 5.91 Å². The highest BCUT2D eigenvalue weighted by atomic mass is 16.5. The lowest BCUT2D eigenvalue weighted by atomic mass is 9.74. The second-order valence-corrected chi connectivity index (χ2v) is 6.23. The number of carbonyl (C=O) groups excluding carboxylic acids is 2. The predicted molar refractivity (Wildman–Crippen MR) is 83.0 cm³/mol. The molecular formula is C17H22N2O3. The summed E-state index contributed by atoms with van der Waals surface area (Å²) in [5.41, 5.74) is 0.231. The highest BCUT2D eigenvalue weighted by Gasteiger charge is 2.50. The minimum absolute atomic E-state index is 0.113. The molecule has 5 heteroatoms. The van der Waals surface area contributed by atoms with Gasteiger partial charge in [0, 0.05) is 17.4 Å². The first-order valence-electron chi connectivity index (χ1n) is 7.81. The van der Waals surface area contributed by atoms with Crippen LogP contribution in [0.5, 0.6) is 0 Å². The highest BCUT2D eigenvalue weighted by molar-refractivity contribution is 6.06. The fraction of sp³-hybridized carbons (Fsp3) is 0.529. The summed E-state index contributed by atoms with van der Waals surface area (Å²) in [6, 6.07) is -0.189. The molecule has 5 nitrogen and oxygen atoms in total. The van der Waals surface area contributed by atoms with E-state index in [9.17, 15) is 9.59 Å². The molecule has 118 valence electrons. The minimum atomic E-state index is -0.293. The van der Waals surface area contributed by atoms with E-state index in [1.807, 2.05) is 0 Å². The first-order chi connectivity index (χ1) is 10.6. The van der Waals surface area contributed by atoms with E-state index in [-0.39, 0.29) is 29.7 Å². The molecule has 1 atom stereocenters. The van der Waals surface area contributed by atoms with E-state index >= 15 is 0 Å². The highest BCUT2D eigenvalue weighted by Crippen LogP contribution is 2.41. The molecule has 0 aromatic carbocycles. The third kappa shape index (κ3) is 2.66. The largest absolute Gasteiger partial charge is 0.379 e. The molecule has 0 aromatic rings. The number of piperidine rings is 1. The van der Waals surface area contributed by atoms with Gasteiger partial charge >= 0.3 is 0 Å². The minimum Gasteiger partial charge on any atom is -0.379 e. The molecule has 0 radical (unpaired) electrons. The summed E-state index contributed by atoms with van der Waals surface area (Å²) in [4.78, 5) is 26.7. The molecule has 1 N–H and O–H groups in total. The molecule has 0 aliphatic carbocycles. The van der Waals surface area contributed by atoms with Crippen molar-refractivity contribution in [1.82, 2.24) is 10.2 Å². The Hall–Kier alpha value is -1.72. The predicted octanol–water partition coefficient (Wildman–Crippen LogP) is 1.18. The number of hydrogen-bond acceptors (Lipinski definition) is 4. The number of nitrogens with zero attached hydrogens (tertiary/aromatic N) is 1. The van der Waals surface area contributed by atoms with Crippen molar-refractivity contribution in [3.8, 4) is 0 Å². The van der Waals surface area contributed by atoms with Gasteiger partial charge in [-0.15, -0.1) is 0 Å². The second kappa shape index (κ2) is 6.18. The van der Waals surface area contributed by atoms with E-state index in [2.05, 4.69) is 11.9 Å². The molecule has 1 unspecified atom stereocenters. The van der Waals surface area contributed by atoms with Crippen molar-refractivity contribution in [2.24, 2.45) is 5.41 Å². The molecule has 3 aliphatic heterocycles. The summed E-state index contributed by atoms with van der Waals surface area (Å²) in [7, 11) is 0. The van der Waals surface area contributed by atoms with Crippen LogP contribution in [0, 0.1) is 5.41 Å². The number of allylic oxidation sites excluding steroid dienone is 2. The summed E-state index contributed by atoms with van der Waals surface area (Å²) in [5, 5.41) is 3.34. The van der Waals surface area contributed by atoms with Gasteiger partial charge in [-0.2, -0.15) is 0 Å². The van der Waals surface area contributed by atoms with Gasteiger partial charge in [0.05, 0.1) is 19.3 Å². The number of amides is 2. The standard InChI is InChI=1S/C17H22N2O3/c1-13-5-3-2-4-6-15(20)19(16(13)21)14-11-22-12-17(14)7-9-18-10-8-17/h2-5,14,18H,1,6-12H2/b4-2-,5-3-. The number of ether oxygens (including phenoxy) is 1. The van der Waals surface area contributed by atoms with Crippen LogP contribution in [0.1, 0.15) is 19.3 Å². The van der Waals surface area contributed by atoms with Crippen molar-refractivity contribution in [2.45, 2.75) is 25.3 Å². The van der Waals surface area contributed by atoms with Gasteiger partial charge in [-0.25, -0.2) is 0 Å². The molecule has 3 aliphatic rings. The first kappa shape index (κ1) is 15.2. The lowest BCUT2D eigenvalue weighted by Crippen LogP contribution is -2.55. The smallest absolute Gasteiger partial charge is 0.260 e. The van der Waals surface area contributed by atoms with Gasteiger partial charge < -0.3 is 10.1 Å². The molecule has 0 aromatic heterocycles. The van der Waals surface area contributed by atoms with Gasteiger partial charge in [-0.05, 0) is 25.9 Å². The van der Waals surface area contributed by atoms with Gasteiger partial charge in [-0.3, -0.25) is 14.5 Å². The zero-order chi connectivity index (χ0) is 15.6. The Labute approximate surface area is 130 Å². The van der Waals surface area contributed by atoms with Crippen LogP contribution in [-0.2, 0) is 14.3 Å². The number of hydrogen-bond donors (Lipinski definition) is 1. The Morgan fingerprint density at radius 1 is 1.27 bits per heavy atom. The fourth-order valence-electron chi connectivity index (χ4n) is 3.57. The molecule has 2 saturated heterocycles. The molecule has 2 amide bonds. The lowest BCUT2D eigenvalue weighted by molar-refractivity contribution is -0.147. The van der Waals surface area contributed by atoms with Crippen molar-refractivity contribution in [3.05, 3.63) is 36.5 Å². The number of rotatable bonds is 1. The van der Waals surface area contributed by atoms with Gasteiger partial charge in [0.15, 0.2) is 0 Å². The topological polar surface area (TPSA) is 58.6 Å². The van der Waals surface area contributed by atoms with Crippen LogP contribution in [0.15, 0.2) is 36.5 Å². The van der Waals surface area contributed by atoms with Gasteiger partial charge in [-0.1, -0.05) is 30.9 Å². The van der Waals surface area contributed by atoms with Crippen LogP contribution < -0.4 is 5.32 Å². The van der Waals surface area contributed by atoms with E-state index < -0.39 is 0 Å². The summed E-state index contributed by atoms with van der Waals surface area (Å²) in [6.07, 6.45) is 9.06. The Bertz CT molecular complexity index is 544. The monoisotopic (exact) mass is 302 g/mol. The number of nitrogens with one attached hydrogen (secondary N) is 1. The van der Waals surface area contributed by atoms with Crippen LogP contribution in [-0.4, -0.2) is 49.1 Å². The van der Waals surface area contributed by atoms with Gasteiger partial charge in [0.25, 0.3) is 5.91 Å². The molecular weight excluding hydrogens is 280 g/mol. The molecule has 0 saturated carbocycles. The maximum absolute atomic E-state index is 12.7. The Morgan fingerprint density at radius 2 is 2.05 bits per heavy atom. The van der Waals surface area contributed by atoms with Crippen molar-refractivity contribution in [2.75, 3.05) is 26.3 Å². The van der Waals surface area contributed by atoms with Crippen molar-refractivity contribution in [3.63, 3.8) is 0 Å². The van der Waals surface area contributed by atoms with Crippen LogP contribution in [0.25, 0.3) is 0 Å². The van der Waals surface area contributed by atoms with Crippen LogP contribution in [0.3, 0.4) is 0 Å². The number of imide groups is 1. The van der Waals surface area contributed by atoms with E-state index in [0.717, 1.165) is 25.9 Å². The Morgan fingerprint density at radius 3 is 2.82 bits per heavy atom. The summed E-state index contributed by atoms with van der Waals surface area (Å²) in [5.74, 6) is -0.460. The Kier molecular flexibility index (Phi) is 4.27. The molecule has 2 fully saturated rings. The van der Waals surface area contributed by atoms with Crippen LogP contribution >= 0.6 is 0 Å². The summed E-state index contributed by atoms with van der Waals surface area (Å²) < 4.78 is 5.70. The molecule has 3 rings (SSSR count). The maximum atomic E-state index is 12.7. The SMILES string of the molecule is C=C1/C=C\C=C/CC(=O)N(C2COCC23CCNCC3)C1=O. The fourth-order valence-corrected chi connectivity index (χ4v) is 3.57. The Balaban J connectivity index is 1.93. The molecule has 3 heterocycles. The number of carbonyl (C=O) groups is 2. The second-order valence-electron chi connectivity index (χ2n) is 6.23. The molecule has 0 bridgehead atoms. The van der Waals surface area contributed by atoms with E-state index in [1.165, 1.54) is 4.90 Å². The third-order valence-electron chi connectivity index (χ3n) is 4.88. The zero-order valence-corrected chi connectivity index (χ0v) is 12.7. The zero-order valence-electron chi connectivity index (χ0n) is 12.7. The average molecular weight is 302 g/mol. The summed E-state index contributed by atoms with van der Waals surface area (Å²) >= 11 is 0. The first-order valence-corrected chi connectivity index (χ1v) is 7.81. The lowest BCUT2D eigenvalue weighted by Gasteiger charge is -2.42.